The smallest absolute Gasteiger partial charge is 0.185 e. The standard InChI is InChI=1S/C12H10N2O/c15-11-5-6-13-12(11)10-7-8-3-1-2-4-9(8)14-10/h1-7,12-14H. The molecule has 3 heteroatoms. The van der Waals surface area contributed by atoms with Gasteiger partial charge in [-0.2, -0.15) is 0 Å². The molecule has 1 atom stereocenters. The predicted octanol–water partition coefficient (Wildman–Crippen LogP) is 1.89. The first-order chi connectivity index (χ1) is 7.34. The van der Waals surface area contributed by atoms with Gasteiger partial charge in [-0.3, -0.25) is 4.79 Å². The molecule has 1 aliphatic heterocycles. The highest BCUT2D eigenvalue weighted by Crippen LogP contribution is 2.22. The first-order valence-corrected chi connectivity index (χ1v) is 4.89. The average Bonchev–Trinajstić information content (AvgIpc) is 2.82. The third kappa shape index (κ3) is 1.24. The Morgan fingerprint density at radius 3 is 2.80 bits per heavy atom. The fourth-order valence-electron chi connectivity index (χ4n) is 1.90. The normalized spacial score (nSPS) is 19.7. The summed E-state index contributed by atoms with van der Waals surface area (Å²) in [6, 6.07) is 9.77. The van der Waals surface area contributed by atoms with E-state index in [9.17, 15) is 4.79 Å². The summed E-state index contributed by atoms with van der Waals surface area (Å²) in [5, 5.41) is 4.16. The number of aromatic nitrogens is 1. The van der Waals surface area contributed by atoms with Gasteiger partial charge in [0.05, 0.1) is 0 Å². The second-order valence-corrected chi connectivity index (χ2v) is 3.65. The van der Waals surface area contributed by atoms with Gasteiger partial charge in [-0.1, -0.05) is 18.2 Å². The number of rotatable bonds is 1. The highest BCUT2D eigenvalue weighted by Gasteiger charge is 2.22. The van der Waals surface area contributed by atoms with Crippen molar-refractivity contribution in [2.24, 2.45) is 0 Å². The molecule has 3 rings (SSSR count). The number of nitrogens with one attached hydrogen (secondary N) is 2. The highest BCUT2D eigenvalue weighted by molar-refractivity contribution is 5.97. The summed E-state index contributed by atoms with van der Waals surface area (Å²) >= 11 is 0. The third-order valence-corrected chi connectivity index (χ3v) is 2.66. The number of fused-ring (bicyclic) bond motifs is 1. The molecule has 74 valence electrons. The number of carbonyl (C=O) groups excluding carboxylic acids is 1. The van der Waals surface area contributed by atoms with Crippen LogP contribution in [-0.4, -0.2) is 10.8 Å². The minimum absolute atomic E-state index is 0.0987. The molecule has 1 unspecified atom stereocenters. The Morgan fingerprint density at radius 1 is 1.20 bits per heavy atom. The molecule has 0 aliphatic carbocycles. The van der Waals surface area contributed by atoms with Crippen LogP contribution < -0.4 is 5.32 Å². The Hall–Kier alpha value is -2.03. The molecule has 0 bridgehead atoms. The van der Waals surface area contributed by atoms with Gasteiger partial charge in [-0.25, -0.2) is 0 Å². The Morgan fingerprint density at radius 2 is 2.07 bits per heavy atom. The number of carbonyl (C=O) groups is 1. The molecule has 0 amide bonds. The molecule has 3 nitrogen and oxygen atoms in total. The molecule has 0 radical (unpaired) electrons. The predicted molar refractivity (Wildman–Crippen MR) is 58.3 cm³/mol. The third-order valence-electron chi connectivity index (χ3n) is 2.66. The van der Waals surface area contributed by atoms with Gasteiger partial charge in [-0.05, 0) is 23.6 Å². The van der Waals surface area contributed by atoms with Gasteiger partial charge in [0.1, 0.15) is 6.04 Å². The van der Waals surface area contributed by atoms with Gasteiger partial charge < -0.3 is 10.3 Å². The molecule has 2 heterocycles. The summed E-state index contributed by atoms with van der Waals surface area (Å²) in [6.07, 6.45) is 3.26. The molecule has 2 N–H and O–H groups in total. The first-order valence-electron chi connectivity index (χ1n) is 4.89. The summed E-state index contributed by atoms with van der Waals surface area (Å²) in [5.74, 6) is 0.0987. The number of H-pyrrole nitrogens is 1. The van der Waals surface area contributed by atoms with E-state index >= 15 is 0 Å². The Balaban J connectivity index is 2.08. The van der Waals surface area contributed by atoms with Crippen molar-refractivity contribution < 1.29 is 4.79 Å². The zero-order valence-electron chi connectivity index (χ0n) is 8.03. The van der Waals surface area contributed by atoms with E-state index in [0.29, 0.717) is 0 Å². The molecule has 15 heavy (non-hydrogen) atoms. The number of para-hydroxylation sites is 1. The number of benzene rings is 1. The summed E-state index contributed by atoms with van der Waals surface area (Å²) in [7, 11) is 0. The average molecular weight is 198 g/mol. The van der Waals surface area contributed by atoms with Crippen LogP contribution in [0.3, 0.4) is 0 Å². The Bertz CT molecular complexity index is 521. The van der Waals surface area contributed by atoms with Crippen molar-refractivity contribution in [2.75, 3.05) is 0 Å². The van der Waals surface area contributed by atoms with Crippen LogP contribution in [0.25, 0.3) is 10.9 Å². The van der Waals surface area contributed by atoms with Gasteiger partial charge in [0.25, 0.3) is 0 Å². The molecule has 1 aromatic carbocycles. The highest BCUT2D eigenvalue weighted by atomic mass is 16.1. The zero-order chi connectivity index (χ0) is 10.3. The fraction of sp³-hybridized carbons (Fsp3) is 0.0833. The SMILES string of the molecule is O=C1C=CNC1c1cc2ccccc2[nH]1. The summed E-state index contributed by atoms with van der Waals surface area (Å²) in [4.78, 5) is 14.7. The Labute approximate surface area is 86.8 Å². The molecular weight excluding hydrogens is 188 g/mol. The molecule has 2 aromatic rings. The van der Waals surface area contributed by atoms with E-state index in [4.69, 9.17) is 0 Å². The topological polar surface area (TPSA) is 44.9 Å². The lowest BCUT2D eigenvalue weighted by Gasteiger charge is -2.06. The lowest BCUT2D eigenvalue weighted by molar-refractivity contribution is -0.115. The molecule has 1 aliphatic rings. The maximum absolute atomic E-state index is 11.5. The van der Waals surface area contributed by atoms with Crippen LogP contribution in [0.1, 0.15) is 11.7 Å². The van der Waals surface area contributed by atoms with Gasteiger partial charge in [0.2, 0.25) is 0 Å². The van der Waals surface area contributed by atoms with Gasteiger partial charge in [0, 0.05) is 17.4 Å². The fourth-order valence-corrected chi connectivity index (χ4v) is 1.90. The van der Waals surface area contributed by atoms with E-state index in [2.05, 4.69) is 10.3 Å². The van der Waals surface area contributed by atoms with Crippen LogP contribution in [-0.2, 0) is 4.79 Å². The summed E-state index contributed by atoms with van der Waals surface area (Å²) in [5.41, 5.74) is 1.99. The minimum Gasteiger partial charge on any atom is -0.376 e. The lowest BCUT2D eigenvalue weighted by Crippen LogP contribution is -2.17. The van der Waals surface area contributed by atoms with Crippen molar-refractivity contribution in [3.05, 3.63) is 48.3 Å². The van der Waals surface area contributed by atoms with Gasteiger partial charge in [-0.15, -0.1) is 0 Å². The van der Waals surface area contributed by atoms with Crippen LogP contribution in [0.5, 0.6) is 0 Å². The molecule has 0 fully saturated rings. The second-order valence-electron chi connectivity index (χ2n) is 3.65. The molecule has 0 saturated heterocycles. The number of ketones is 1. The van der Waals surface area contributed by atoms with E-state index in [-0.39, 0.29) is 11.8 Å². The monoisotopic (exact) mass is 198 g/mol. The summed E-state index contributed by atoms with van der Waals surface area (Å²) < 4.78 is 0. The van der Waals surface area contributed by atoms with E-state index in [1.807, 2.05) is 30.3 Å². The van der Waals surface area contributed by atoms with Crippen molar-refractivity contribution in [3.8, 4) is 0 Å². The van der Waals surface area contributed by atoms with Gasteiger partial charge >= 0.3 is 0 Å². The molecule has 0 spiro atoms. The van der Waals surface area contributed by atoms with Crippen LogP contribution in [0.15, 0.2) is 42.6 Å². The summed E-state index contributed by atoms with van der Waals surface area (Å²) in [6.45, 7) is 0. The van der Waals surface area contributed by atoms with Crippen molar-refractivity contribution in [3.63, 3.8) is 0 Å². The number of hydrogen-bond acceptors (Lipinski definition) is 2. The Kier molecular flexibility index (Phi) is 1.65. The van der Waals surface area contributed by atoms with Crippen LogP contribution in [0, 0.1) is 0 Å². The number of aromatic amines is 1. The maximum Gasteiger partial charge on any atom is 0.185 e. The second kappa shape index (κ2) is 2.98. The zero-order valence-corrected chi connectivity index (χ0v) is 8.03. The van der Waals surface area contributed by atoms with Crippen LogP contribution in [0.4, 0.5) is 0 Å². The van der Waals surface area contributed by atoms with Crippen molar-refractivity contribution in [1.82, 2.24) is 10.3 Å². The van der Waals surface area contributed by atoms with Crippen molar-refractivity contribution in [1.29, 1.82) is 0 Å². The molecular formula is C12H10N2O. The largest absolute Gasteiger partial charge is 0.376 e. The van der Waals surface area contributed by atoms with E-state index < -0.39 is 0 Å². The molecule has 1 aromatic heterocycles. The number of hydrogen-bond donors (Lipinski definition) is 2. The maximum atomic E-state index is 11.5. The van der Waals surface area contributed by atoms with Gasteiger partial charge in [0.15, 0.2) is 5.78 Å². The first kappa shape index (κ1) is 8.29. The van der Waals surface area contributed by atoms with Crippen LogP contribution >= 0.6 is 0 Å². The van der Waals surface area contributed by atoms with Crippen molar-refractivity contribution in [2.45, 2.75) is 6.04 Å². The molecule has 0 saturated carbocycles. The lowest BCUT2D eigenvalue weighted by atomic mass is 10.1. The quantitative estimate of drug-likeness (QED) is 0.735. The van der Waals surface area contributed by atoms with E-state index in [0.717, 1.165) is 16.6 Å². The minimum atomic E-state index is -0.239. The van der Waals surface area contributed by atoms with Crippen LogP contribution in [0.2, 0.25) is 0 Å². The van der Waals surface area contributed by atoms with E-state index in [1.165, 1.54) is 0 Å². The van der Waals surface area contributed by atoms with E-state index in [1.54, 1.807) is 12.3 Å². The van der Waals surface area contributed by atoms with Crippen molar-refractivity contribution >= 4 is 16.7 Å².